The number of benzene rings is 2. The fraction of sp³-hybridized carbons (Fsp3) is 0.158. The number of nitrogens with one attached hydrogen (secondary N) is 1. The van der Waals surface area contributed by atoms with Crippen LogP contribution in [0.2, 0.25) is 0 Å². The number of methoxy groups -OCH3 is 1. The number of hydrogen-bond donors (Lipinski definition) is 1. The van der Waals surface area contributed by atoms with E-state index in [2.05, 4.69) is 14.7 Å². The van der Waals surface area contributed by atoms with E-state index >= 15 is 0 Å². The summed E-state index contributed by atoms with van der Waals surface area (Å²) >= 11 is 0. The first-order valence-electron chi connectivity index (χ1n) is 8.09. The Hall–Kier alpha value is -2.77. The maximum Gasteiger partial charge on any atom is 0.244 e. The molecule has 134 valence electrons. The molecule has 3 rings (SSSR count). The van der Waals surface area contributed by atoms with Crippen LogP contribution >= 0.6 is 0 Å². The minimum atomic E-state index is -3.64. The first-order chi connectivity index (χ1) is 12.6. The lowest BCUT2D eigenvalue weighted by Crippen LogP contribution is -2.26. The second-order valence-electron chi connectivity index (χ2n) is 5.58. The van der Waals surface area contributed by atoms with Gasteiger partial charge in [0.2, 0.25) is 10.0 Å². The summed E-state index contributed by atoms with van der Waals surface area (Å²) in [6.07, 6.45) is 3.92. The summed E-state index contributed by atoms with van der Waals surface area (Å²) < 4.78 is 32.5. The highest BCUT2D eigenvalue weighted by Gasteiger charge is 2.18. The minimum absolute atomic E-state index is 0.123. The maximum absolute atomic E-state index is 12.4. The van der Waals surface area contributed by atoms with Crippen LogP contribution in [0.25, 0.3) is 11.4 Å². The summed E-state index contributed by atoms with van der Waals surface area (Å²) in [5.41, 5.74) is 1.79. The average Bonchev–Trinajstić information content (AvgIpc) is 2.69. The van der Waals surface area contributed by atoms with Gasteiger partial charge in [0.25, 0.3) is 0 Å². The van der Waals surface area contributed by atoms with Crippen molar-refractivity contribution in [3.63, 3.8) is 0 Å². The molecule has 0 radical (unpaired) electrons. The molecule has 0 unspecified atom stereocenters. The topological polar surface area (TPSA) is 81.2 Å². The van der Waals surface area contributed by atoms with Crippen molar-refractivity contribution in [2.24, 2.45) is 0 Å². The first kappa shape index (κ1) is 18.0. The maximum atomic E-state index is 12.4. The van der Waals surface area contributed by atoms with Crippen LogP contribution in [0.5, 0.6) is 5.75 Å². The predicted octanol–water partition coefficient (Wildman–Crippen LogP) is 2.67. The highest BCUT2D eigenvalue weighted by atomic mass is 32.2. The lowest BCUT2D eigenvalue weighted by atomic mass is 10.2. The minimum Gasteiger partial charge on any atom is -0.495 e. The molecule has 3 aromatic rings. The molecule has 1 aromatic heterocycles. The van der Waals surface area contributed by atoms with E-state index in [0.717, 1.165) is 11.1 Å². The molecule has 0 fully saturated rings. The van der Waals surface area contributed by atoms with E-state index in [-0.39, 0.29) is 11.4 Å². The SMILES string of the molecule is COc1ccccc1S(=O)(=O)NCCc1cnc(-c2ccccc2)nc1. The van der Waals surface area contributed by atoms with Gasteiger partial charge in [0, 0.05) is 24.5 Å². The number of nitrogens with zero attached hydrogens (tertiary/aromatic N) is 2. The Bertz CT molecular complexity index is 959. The van der Waals surface area contributed by atoms with Gasteiger partial charge in [-0.25, -0.2) is 23.1 Å². The largest absolute Gasteiger partial charge is 0.495 e. The van der Waals surface area contributed by atoms with Crippen molar-refractivity contribution in [3.8, 4) is 17.1 Å². The Labute approximate surface area is 153 Å². The summed E-state index contributed by atoms with van der Waals surface area (Å²) in [4.78, 5) is 8.81. The van der Waals surface area contributed by atoms with Crippen LogP contribution in [-0.2, 0) is 16.4 Å². The van der Waals surface area contributed by atoms with Crippen molar-refractivity contribution in [3.05, 3.63) is 72.6 Å². The van der Waals surface area contributed by atoms with Crippen LogP contribution in [0.1, 0.15) is 5.56 Å². The van der Waals surface area contributed by atoms with Crippen LogP contribution in [-0.4, -0.2) is 32.0 Å². The van der Waals surface area contributed by atoms with Crippen molar-refractivity contribution < 1.29 is 13.2 Å². The summed E-state index contributed by atoms with van der Waals surface area (Å²) in [7, 11) is -2.20. The number of rotatable bonds is 7. The Morgan fingerprint density at radius 2 is 1.62 bits per heavy atom. The number of para-hydroxylation sites is 1. The number of ether oxygens (including phenoxy) is 1. The fourth-order valence-electron chi connectivity index (χ4n) is 2.47. The van der Waals surface area contributed by atoms with Crippen molar-refractivity contribution >= 4 is 10.0 Å². The number of hydrogen-bond acceptors (Lipinski definition) is 5. The van der Waals surface area contributed by atoms with E-state index in [4.69, 9.17) is 4.74 Å². The molecule has 0 aliphatic carbocycles. The molecule has 26 heavy (non-hydrogen) atoms. The smallest absolute Gasteiger partial charge is 0.244 e. The summed E-state index contributed by atoms with van der Waals surface area (Å²) in [5.74, 6) is 0.958. The molecule has 0 amide bonds. The first-order valence-corrected chi connectivity index (χ1v) is 9.57. The van der Waals surface area contributed by atoms with Crippen LogP contribution in [0, 0.1) is 0 Å². The molecule has 7 heteroatoms. The second kappa shape index (κ2) is 8.07. The lowest BCUT2D eigenvalue weighted by molar-refractivity contribution is 0.402. The molecule has 0 aliphatic rings. The Kier molecular flexibility index (Phi) is 5.60. The Morgan fingerprint density at radius 3 is 2.31 bits per heavy atom. The van der Waals surface area contributed by atoms with E-state index in [1.807, 2.05) is 30.3 Å². The van der Waals surface area contributed by atoms with E-state index in [1.165, 1.54) is 13.2 Å². The van der Waals surface area contributed by atoms with Gasteiger partial charge in [-0.2, -0.15) is 0 Å². The van der Waals surface area contributed by atoms with Crippen molar-refractivity contribution in [1.82, 2.24) is 14.7 Å². The average molecular weight is 369 g/mol. The van der Waals surface area contributed by atoms with Gasteiger partial charge in [-0.3, -0.25) is 0 Å². The van der Waals surface area contributed by atoms with E-state index in [0.29, 0.717) is 18.0 Å². The Morgan fingerprint density at radius 1 is 0.962 bits per heavy atom. The number of sulfonamides is 1. The van der Waals surface area contributed by atoms with E-state index < -0.39 is 10.0 Å². The third-order valence-corrected chi connectivity index (χ3v) is 5.30. The van der Waals surface area contributed by atoms with Gasteiger partial charge in [-0.15, -0.1) is 0 Å². The van der Waals surface area contributed by atoms with Crippen LogP contribution in [0.15, 0.2) is 71.9 Å². The molecule has 0 aliphatic heterocycles. The monoisotopic (exact) mass is 369 g/mol. The summed E-state index contributed by atoms with van der Waals surface area (Å²) in [5, 5.41) is 0. The predicted molar refractivity (Wildman–Crippen MR) is 99.4 cm³/mol. The van der Waals surface area contributed by atoms with Gasteiger partial charge in [0.15, 0.2) is 5.82 Å². The molecule has 1 heterocycles. The second-order valence-corrected chi connectivity index (χ2v) is 7.31. The van der Waals surface area contributed by atoms with Gasteiger partial charge in [-0.05, 0) is 24.1 Å². The van der Waals surface area contributed by atoms with Crippen LogP contribution in [0.4, 0.5) is 0 Å². The molecule has 0 spiro atoms. The molecule has 0 saturated heterocycles. The molecule has 0 atom stereocenters. The molecular formula is C19H19N3O3S. The van der Waals surface area contributed by atoms with E-state index in [1.54, 1.807) is 30.6 Å². The van der Waals surface area contributed by atoms with Gasteiger partial charge in [-0.1, -0.05) is 42.5 Å². The lowest BCUT2D eigenvalue weighted by Gasteiger charge is -2.10. The quantitative estimate of drug-likeness (QED) is 0.692. The van der Waals surface area contributed by atoms with Gasteiger partial charge < -0.3 is 4.74 Å². The highest BCUT2D eigenvalue weighted by molar-refractivity contribution is 7.89. The molecular weight excluding hydrogens is 350 g/mol. The van der Waals surface area contributed by atoms with Crippen LogP contribution in [0.3, 0.4) is 0 Å². The zero-order chi connectivity index (χ0) is 18.4. The normalized spacial score (nSPS) is 11.3. The van der Waals surface area contributed by atoms with Crippen molar-refractivity contribution in [2.75, 3.05) is 13.7 Å². The van der Waals surface area contributed by atoms with Gasteiger partial charge in [0.05, 0.1) is 7.11 Å². The third kappa shape index (κ3) is 4.25. The molecule has 2 aromatic carbocycles. The third-order valence-electron chi connectivity index (χ3n) is 3.80. The van der Waals surface area contributed by atoms with Crippen LogP contribution < -0.4 is 9.46 Å². The molecule has 6 nitrogen and oxygen atoms in total. The highest BCUT2D eigenvalue weighted by Crippen LogP contribution is 2.22. The van der Waals surface area contributed by atoms with Gasteiger partial charge >= 0.3 is 0 Å². The summed E-state index contributed by atoms with van der Waals surface area (Å²) in [6, 6.07) is 16.2. The molecule has 0 saturated carbocycles. The number of aromatic nitrogens is 2. The fourth-order valence-corrected chi connectivity index (χ4v) is 3.67. The molecule has 0 bridgehead atoms. The summed E-state index contributed by atoms with van der Waals surface area (Å²) in [6.45, 7) is 0.244. The zero-order valence-electron chi connectivity index (χ0n) is 14.3. The van der Waals surface area contributed by atoms with E-state index in [9.17, 15) is 8.42 Å². The molecule has 1 N–H and O–H groups in total. The van der Waals surface area contributed by atoms with Crippen molar-refractivity contribution in [2.45, 2.75) is 11.3 Å². The Balaban J connectivity index is 1.63. The standard InChI is InChI=1S/C19H19N3O3S/c1-25-17-9-5-6-10-18(17)26(23,24)22-12-11-15-13-20-19(21-14-15)16-7-3-2-4-8-16/h2-10,13-14,22H,11-12H2,1H3. The van der Waals surface area contributed by atoms with Crippen molar-refractivity contribution in [1.29, 1.82) is 0 Å². The van der Waals surface area contributed by atoms with Gasteiger partial charge in [0.1, 0.15) is 10.6 Å². The zero-order valence-corrected chi connectivity index (χ0v) is 15.1.